The maximum absolute atomic E-state index is 12.1. The highest BCUT2D eigenvalue weighted by Crippen LogP contribution is 2.12. The lowest BCUT2D eigenvalue weighted by Crippen LogP contribution is -2.57. The molecule has 0 aromatic heterocycles. The Kier molecular flexibility index (Phi) is 4.89. The van der Waals surface area contributed by atoms with Crippen LogP contribution < -0.4 is 0 Å². The van der Waals surface area contributed by atoms with E-state index in [-0.39, 0.29) is 12.3 Å². The fraction of sp³-hybridized carbons (Fsp3) is 0.818. The van der Waals surface area contributed by atoms with Gasteiger partial charge in [0.15, 0.2) is 0 Å². The lowest BCUT2D eigenvalue weighted by Gasteiger charge is -2.38. The average Bonchev–Trinajstić information content (AvgIpc) is 2.22. The molecule has 1 N–H and O–H groups in total. The van der Waals surface area contributed by atoms with Crippen LogP contribution in [0.3, 0.4) is 0 Å². The van der Waals surface area contributed by atoms with Gasteiger partial charge in [-0.2, -0.15) is 0 Å². The predicted molar refractivity (Wildman–Crippen MR) is 63.8 cm³/mol. The van der Waals surface area contributed by atoms with Crippen molar-refractivity contribution in [3.8, 4) is 0 Å². The molecule has 0 radical (unpaired) electrons. The first-order valence-electron chi connectivity index (χ1n) is 5.77. The van der Waals surface area contributed by atoms with Crippen LogP contribution in [0.5, 0.6) is 0 Å². The molecule has 1 atom stereocenters. The number of hydrogen-bond donors (Lipinski definition) is 1. The largest absolute Gasteiger partial charge is 0.481 e. The Morgan fingerprint density at radius 2 is 2.12 bits per heavy atom. The summed E-state index contributed by atoms with van der Waals surface area (Å²) >= 11 is 0. The van der Waals surface area contributed by atoms with E-state index in [9.17, 15) is 9.59 Å². The number of nitrogens with zero attached hydrogens (tertiary/aromatic N) is 3. The van der Waals surface area contributed by atoms with Gasteiger partial charge in [-0.05, 0) is 21.1 Å². The topological polar surface area (TPSA) is 64.1 Å². The van der Waals surface area contributed by atoms with Crippen molar-refractivity contribution in [3.05, 3.63) is 0 Å². The SMILES string of the molecule is CN(C)CCN1CCN(C)C(CC(=O)O)C1=O. The number of rotatable bonds is 5. The van der Waals surface area contributed by atoms with Crippen LogP contribution in [-0.4, -0.2) is 85.0 Å². The maximum atomic E-state index is 12.1. The number of piperazine rings is 1. The molecule has 1 aliphatic rings. The first kappa shape index (κ1) is 13.9. The highest BCUT2D eigenvalue weighted by Gasteiger charge is 2.33. The second-order valence-corrected chi connectivity index (χ2v) is 4.72. The number of hydrogen-bond acceptors (Lipinski definition) is 4. The number of carboxylic acid groups (broad SMARTS) is 1. The molecule has 98 valence electrons. The van der Waals surface area contributed by atoms with Crippen molar-refractivity contribution in [1.82, 2.24) is 14.7 Å². The third-order valence-electron chi connectivity index (χ3n) is 3.04. The molecular weight excluding hydrogens is 222 g/mol. The molecular formula is C11H21N3O3. The van der Waals surface area contributed by atoms with Crippen molar-refractivity contribution in [1.29, 1.82) is 0 Å². The summed E-state index contributed by atoms with van der Waals surface area (Å²) in [5.74, 6) is -0.993. The molecule has 1 saturated heterocycles. The highest BCUT2D eigenvalue weighted by atomic mass is 16.4. The summed E-state index contributed by atoms with van der Waals surface area (Å²) in [6.07, 6.45) is -0.117. The third-order valence-corrected chi connectivity index (χ3v) is 3.04. The van der Waals surface area contributed by atoms with Crippen LogP contribution in [0, 0.1) is 0 Å². The first-order valence-corrected chi connectivity index (χ1v) is 5.77. The molecule has 6 nitrogen and oxygen atoms in total. The van der Waals surface area contributed by atoms with Crippen molar-refractivity contribution in [2.24, 2.45) is 0 Å². The molecule has 0 bridgehead atoms. The van der Waals surface area contributed by atoms with E-state index >= 15 is 0 Å². The molecule has 1 aliphatic heterocycles. The molecule has 0 aromatic carbocycles. The van der Waals surface area contributed by atoms with Gasteiger partial charge in [-0.25, -0.2) is 0 Å². The van der Waals surface area contributed by atoms with E-state index in [4.69, 9.17) is 5.11 Å². The Labute approximate surface area is 102 Å². The number of amides is 1. The van der Waals surface area contributed by atoms with Gasteiger partial charge in [0, 0.05) is 26.2 Å². The lowest BCUT2D eigenvalue weighted by atomic mass is 10.1. The summed E-state index contributed by atoms with van der Waals surface area (Å²) in [4.78, 5) is 28.4. The highest BCUT2D eigenvalue weighted by molar-refractivity contribution is 5.86. The molecule has 1 rings (SSSR count). The van der Waals surface area contributed by atoms with Crippen molar-refractivity contribution in [2.45, 2.75) is 12.5 Å². The van der Waals surface area contributed by atoms with Gasteiger partial charge in [0.2, 0.25) is 5.91 Å². The molecule has 1 heterocycles. The van der Waals surface area contributed by atoms with Crippen molar-refractivity contribution in [2.75, 3.05) is 47.3 Å². The predicted octanol–water partition coefficient (Wildman–Crippen LogP) is -0.835. The molecule has 0 saturated carbocycles. The van der Waals surface area contributed by atoms with Gasteiger partial charge in [0.25, 0.3) is 0 Å². The van der Waals surface area contributed by atoms with Crippen LogP contribution in [0.2, 0.25) is 0 Å². The van der Waals surface area contributed by atoms with E-state index in [0.29, 0.717) is 13.1 Å². The molecule has 6 heteroatoms. The van der Waals surface area contributed by atoms with E-state index in [1.165, 1.54) is 0 Å². The molecule has 1 unspecified atom stereocenters. The zero-order chi connectivity index (χ0) is 13.0. The monoisotopic (exact) mass is 243 g/mol. The van der Waals surface area contributed by atoms with Crippen LogP contribution in [-0.2, 0) is 9.59 Å². The summed E-state index contributed by atoms with van der Waals surface area (Å²) in [7, 11) is 5.71. The Balaban J connectivity index is 2.58. The fourth-order valence-corrected chi connectivity index (χ4v) is 1.90. The maximum Gasteiger partial charge on any atom is 0.305 e. The second kappa shape index (κ2) is 5.97. The van der Waals surface area contributed by atoms with Crippen molar-refractivity contribution in [3.63, 3.8) is 0 Å². The van der Waals surface area contributed by atoms with E-state index in [1.54, 1.807) is 11.9 Å². The molecule has 0 spiro atoms. The van der Waals surface area contributed by atoms with Gasteiger partial charge in [-0.1, -0.05) is 0 Å². The van der Waals surface area contributed by atoms with Gasteiger partial charge < -0.3 is 14.9 Å². The first-order chi connectivity index (χ1) is 7.91. The van der Waals surface area contributed by atoms with Gasteiger partial charge in [0.05, 0.1) is 12.5 Å². The van der Waals surface area contributed by atoms with Crippen molar-refractivity contribution < 1.29 is 14.7 Å². The van der Waals surface area contributed by atoms with Crippen LogP contribution in [0.25, 0.3) is 0 Å². The number of carboxylic acids is 1. The average molecular weight is 243 g/mol. The summed E-state index contributed by atoms with van der Waals surface area (Å²) in [6.45, 7) is 2.88. The summed E-state index contributed by atoms with van der Waals surface area (Å²) in [5, 5.41) is 8.80. The zero-order valence-electron chi connectivity index (χ0n) is 10.7. The molecule has 17 heavy (non-hydrogen) atoms. The van der Waals surface area contributed by atoms with Crippen LogP contribution in [0.15, 0.2) is 0 Å². The molecule has 0 aromatic rings. The standard InChI is InChI=1S/C11H21N3O3/c1-12(2)4-6-14-7-5-13(3)9(11(14)17)8-10(15)16/h9H,4-8H2,1-3H3,(H,15,16). The molecule has 1 amide bonds. The van der Waals surface area contributed by atoms with Crippen LogP contribution in [0.4, 0.5) is 0 Å². The van der Waals surface area contributed by atoms with Gasteiger partial charge in [0.1, 0.15) is 0 Å². The second-order valence-electron chi connectivity index (χ2n) is 4.72. The minimum atomic E-state index is -0.926. The van der Waals surface area contributed by atoms with Gasteiger partial charge >= 0.3 is 5.97 Å². The van der Waals surface area contributed by atoms with E-state index in [0.717, 1.165) is 13.1 Å². The fourth-order valence-electron chi connectivity index (χ4n) is 1.90. The Hall–Kier alpha value is -1.14. The summed E-state index contributed by atoms with van der Waals surface area (Å²) < 4.78 is 0. The van der Waals surface area contributed by atoms with E-state index in [2.05, 4.69) is 0 Å². The third kappa shape index (κ3) is 3.98. The van der Waals surface area contributed by atoms with E-state index < -0.39 is 12.0 Å². The molecule has 1 fully saturated rings. The van der Waals surface area contributed by atoms with E-state index in [1.807, 2.05) is 23.9 Å². The zero-order valence-corrected chi connectivity index (χ0v) is 10.7. The molecule has 0 aliphatic carbocycles. The van der Waals surface area contributed by atoms with Crippen molar-refractivity contribution >= 4 is 11.9 Å². The smallest absolute Gasteiger partial charge is 0.305 e. The lowest BCUT2D eigenvalue weighted by molar-refractivity contribution is -0.148. The van der Waals surface area contributed by atoms with Crippen LogP contribution in [0.1, 0.15) is 6.42 Å². The van der Waals surface area contributed by atoms with Crippen LogP contribution >= 0.6 is 0 Å². The normalized spacial score (nSPS) is 22.2. The Morgan fingerprint density at radius 1 is 1.47 bits per heavy atom. The van der Waals surface area contributed by atoms with Gasteiger partial charge in [-0.3, -0.25) is 14.5 Å². The summed E-state index contributed by atoms with van der Waals surface area (Å²) in [5.41, 5.74) is 0. The number of likely N-dealkylation sites (N-methyl/N-ethyl adjacent to an activating group) is 2. The van der Waals surface area contributed by atoms with Gasteiger partial charge in [-0.15, -0.1) is 0 Å². The summed E-state index contributed by atoms with van der Waals surface area (Å²) in [6, 6.07) is -0.511. The Bertz CT molecular complexity index is 294. The minimum absolute atomic E-state index is 0.0667. The number of aliphatic carboxylic acids is 1. The Morgan fingerprint density at radius 3 is 2.65 bits per heavy atom. The quantitative estimate of drug-likeness (QED) is 0.682. The number of carbonyl (C=O) groups excluding carboxylic acids is 1. The minimum Gasteiger partial charge on any atom is -0.481 e. The number of carbonyl (C=O) groups is 2.